The van der Waals surface area contributed by atoms with E-state index in [4.69, 9.17) is 25.8 Å². The van der Waals surface area contributed by atoms with Gasteiger partial charge < -0.3 is 19.1 Å². The van der Waals surface area contributed by atoms with Gasteiger partial charge in [0.15, 0.2) is 11.5 Å². The minimum absolute atomic E-state index is 0.0733. The smallest absolute Gasteiger partial charge is 0.253 e. The molecule has 7 heteroatoms. The van der Waals surface area contributed by atoms with Crippen LogP contribution in [0.3, 0.4) is 0 Å². The normalized spacial score (nSPS) is 15.3. The van der Waals surface area contributed by atoms with Crippen molar-refractivity contribution in [2.75, 3.05) is 33.0 Å². The molecule has 5 rings (SSSR count). The van der Waals surface area contributed by atoms with Crippen molar-refractivity contribution in [1.29, 1.82) is 0 Å². The van der Waals surface area contributed by atoms with Gasteiger partial charge in [0, 0.05) is 43.3 Å². The molecule has 2 aliphatic heterocycles. The lowest BCUT2D eigenvalue weighted by Gasteiger charge is -2.34. The summed E-state index contributed by atoms with van der Waals surface area (Å²) < 4.78 is 16.8. The van der Waals surface area contributed by atoms with Gasteiger partial charge in [-0.2, -0.15) is 0 Å². The van der Waals surface area contributed by atoms with Gasteiger partial charge in [-0.05, 0) is 72.5 Å². The van der Waals surface area contributed by atoms with Crippen LogP contribution in [0.2, 0.25) is 5.02 Å². The number of amides is 1. The average molecular weight is 493 g/mol. The van der Waals surface area contributed by atoms with E-state index in [-0.39, 0.29) is 12.7 Å². The van der Waals surface area contributed by atoms with Crippen molar-refractivity contribution in [3.63, 3.8) is 0 Å². The SMILES string of the molecule is Cc1cc(OCc2ccc(C(=O)N3CCN(Cc4ccc5c(c4)OCO5)CC3)cc2)cc(C)c1Cl. The van der Waals surface area contributed by atoms with Crippen LogP contribution in [-0.2, 0) is 13.2 Å². The van der Waals surface area contributed by atoms with Gasteiger partial charge in [-0.15, -0.1) is 0 Å². The maximum Gasteiger partial charge on any atom is 0.253 e. The Morgan fingerprint density at radius 3 is 2.26 bits per heavy atom. The van der Waals surface area contributed by atoms with Crippen molar-refractivity contribution in [2.45, 2.75) is 27.0 Å². The van der Waals surface area contributed by atoms with Crippen LogP contribution in [-0.4, -0.2) is 48.7 Å². The number of fused-ring (bicyclic) bond motifs is 1. The highest BCUT2D eigenvalue weighted by molar-refractivity contribution is 6.32. The molecular weight excluding hydrogens is 464 g/mol. The van der Waals surface area contributed by atoms with Gasteiger partial charge in [0.1, 0.15) is 12.4 Å². The third kappa shape index (κ3) is 5.39. The highest BCUT2D eigenvalue weighted by Crippen LogP contribution is 2.33. The average Bonchev–Trinajstić information content (AvgIpc) is 3.34. The summed E-state index contributed by atoms with van der Waals surface area (Å²) in [4.78, 5) is 17.3. The van der Waals surface area contributed by atoms with Crippen LogP contribution >= 0.6 is 11.6 Å². The summed E-state index contributed by atoms with van der Waals surface area (Å²) in [6, 6.07) is 17.7. The van der Waals surface area contributed by atoms with Gasteiger partial charge in [-0.1, -0.05) is 29.8 Å². The Balaban J connectivity index is 1.12. The minimum atomic E-state index is 0.0733. The topological polar surface area (TPSA) is 51.2 Å². The molecule has 0 bridgehead atoms. The van der Waals surface area contributed by atoms with Crippen LogP contribution in [0.4, 0.5) is 0 Å². The monoisotopic (exact) mass is 492 g/mol. The molecule has 3 aromatic carbocycles. The van der Waals surface area contributed by atoms with E-state index in [1.165, 1.54) is 5.56 Å². The van der Waals surface area contributed by atoms with Gasteiger partial charge in [-0.25, -0.2) is 0 Å². The zero-order valence-electron chi connectivity index (χ0n) is 20.1. The van der Waals surface area contributed by atoms with Gasteiger partial charge in [0.25, 0.3) is 5.91 Å². The predicted octanol–water partition coefficient (Wildman–Crippen LogP) is 5.22. The molecule has 0 unspecified atom stereocenters. The van der Waals surface area contributed by atoms with E-state index >= 15 is 0 Å². The van der Waals surface area contributed by atoms with Crippen LogP contribution in [0.25, 0.3) is 0 Å². The largest absolute Gasteiger partial charge is 0.489 e. The first-order valence-corrected chi connectivity index (χ1v) is 12.2. The first-order valence-electron chi connectivity index (χ1n) is 11.8. The van der Waals surface area contributed by atoms with Gasteiger partial charge >= 0.3 is 0 Å². The lowest BCUT2D eigenvalue weighted by molar-refractivity contribution is 0.0628. The number of benzene rings is 3. The summed E-state index contributed by atoms with van der Waals surface area (Å²) >= 11 is 6.24. The molecule has 1 fully saturated rings. The third-order valence-electron chi connectivity index (χ3n) is 6.52. The summed E-state index contributed by atoms with van der Waals surface area (Å²) in [5, 5.41) is 0.772. The summed E-state index contributed by atoms with van der Waals surface area (Å²) in [5.41, 5.74) is 4.91. The number of carbonyl (C=O) groups is 1. The first kappa shape index (κ1) is 23.5. The third-order valence-corrected chi connectivity index (χ3v) is 7.12. The molecule has 1 saturated heterocycles. The van der Waals surface area contributed by atoms with Crippen molar-refractivity contribution in [3.05, 3.63) is 87.4 Å². The zero-order chi connectivity index (χ0) is 24.4. The highest BCUT2D eigenvalue weighted by Gasteiger charge is 2.23. The quantitative estimate of drug-likeness (QED) is 0.472. The van der Waals surface area contributed by atoms with Crippen LogP contribution in [0, 0.1) is 13.8 Å². The molecule has 0 saturated carbocycles. The first-order chi connectivity index (χ1) is 17.0. The molecule has 0 aromatic heterocycles. The lowest BCUT2D eigenvalue weighted by atomic mass is 10.1. The molecule has 2 heterocycles. The Kier molecular flexibility index (Phi) is 6.84. The molecule has 2 aliphatic rings. The molecule has 6 nitrogen and oxygen atoms in total. The maximum atomic E-state index is 13.0. The van der Waals surface area contributed by atoms with Crippen LogP contribution in [0.15, 0.2) is 54.6 Å². The minimum Gasteiger partial charge on any atom is -0.489 e. The molecule has 182 valence electrons. The second kappa shape index (κ2) is 10.2. The molecule has 35 heavy (non-hydrogen) atoms. The summed E-state index contributed by atoms with van der Waals surface area (Å²) in [6.07, 6.45) is 0. The summed E-state index contributed by atoms with van der Waals surface area (Å²) in [7, 11) is 0. The van der Waals surface area contributed by atoms with Gasteiger partial charge in [0.2, 0.25) is 6.79 Å². The number of rotatable bonds is 6. The van der Waals surface area contributed by atoms with Gasteiger partial charge in [0.05, 0.1) is 0 Å². The van der Waals surface area contributed by atoms with Gasteiger partial charge in [-0.3, -0.25) is 9.69 Å². The molecule has 0 spiro atoms. The van der Waals surface area contributed by atoms with E-state index < -0.39 is 0 Å². The van der Waals surface area contributed by atoms with E-state index in [9.17, 15) is 4.79 Å². The summed E-state index contributed by atoms with van der Waals surface area (Å²) in [5.74, 6) is 2.48. The van der Waals surface area contributed by atoms with E-state index in [1.54, 1.807) is 0 Å². The number of halogens is 1. The maximum absolute atomic E-state index is 13.0. The van der Waals surface area contributed by atoms with Crippen LogP contribution in [0.1, 0.15) is 32.6 Å². The Hall–Kier alpha value is -3.22. The molecule has 1 amide bonds. The molecule has 3 aromatic rings. The fourth-order valence-corrected chi connectivity index (χ4v) is 4.60. The Morgan fingerprint density at radius 1 is 0.886 bits per heavy atom. The number of hydrogen-bond donors (Lipinski definition) is 0. The number of ether oxygens (including phenoxy) is 3. The standard InChI is InChI=1S/C28H29ClN2O4/c1-19-13-24(14-20(2)27(19)29)33-17-21-3-6-23(7-4-21)28(32)31-11-9-30(10-12-31)16-22-5-8-25-26(15-22)35-18-34-25/h3-8,13-15H,9-12,16-18H2,1-2H3. The zero-order valence-corrected chi connectivity index (χ0v) is 20.8. The summed E-state index contributed by atoms with van der Waals surface area (Å²) in [6.45, 7) is 8.60. The van der Waals surface area contributed by atoms with Crippen molar-refractivity contribution in [1.82, 2.24) is 9.80 Å². The number of hydrogen-bond acceptors (Lipinski definition) is 5. The Labute approximate surface area is 211 Å². The van der Waals surface area contributed by atoms with E-state index in [2.05, 4.69) is 11.0 Å². The number of aryl methyl sites for hydroxylation is 2. The predicted molar refractivity (Wildman–Crippen MR) is 135 cm³/mol. The molecule has 0 aliphatic carbocycles. The van der Waals surface area contributed by atoms with E-state index in [0.29, 0.717) is 25.3 Å². The molecule has 0 radical (unpaired) electrons. The molecule has 0 N–H and O–H groups in total. The lowest BCUT2D eigenvalue weighted by Crippen LogP contribution is -2.48. The number of piperazine rings is 1. The van der Waals surface area contributed by atoms with E-state index in [1.807, 2.05) is 67.3 Å². The Morgan fingerprint density at radius 2 is 1.54 bits per heavy atom. The number of nitrogens with zero attached hydrogens (tertiary/aromatic N) is 2. The fourth-order valence-electron chi connectivity index (χ4n) is 4.49. The molecule has 0 atom stereocenters. The van der Waals surface area contributed by atoms with Crippen LogP contribution in [0.5, 0.6) is 17.2 Å². The van der Waals surface area contributed by atoms with Crippen molar-refractivity contribution in [2.24, 2.45) is 0 Å². The molecular formula is C28H29ClN2O4. The van der Waals surface area contributed by atoms with Crippen molar-refractivity contribution in [3.8, 4) is 17.2 Å². The number of carbonyl (C=O) groups excluding carboxylic acids is 1. The Bertz CT molecular complexity index is 1200. The second-order valence-corrected chi connectivity index (χ2v) is 9.49. The van der Waals surface area contributed by atoms with Crippen LogP contribution < -0.4 is 14.2 Å². The van der Waals surface area contributed by atoms with E-state index in [0.717, 1.165) is 58.6 Å². The van der Waals surface area contributed by atoms with Crippen molar-refractivity contribution < 1.29 is 19.0 Å². The second-order valence-electron chi connectivity index (χ2n) is 9.11. The van der Waals surface area contributed by atoms with Crippen molar-refractivity contribution >= 4 is 17.5 Å². The fraction of sp³-hybridized carbons (Fsp3) is 0.321. The highest BCUT2D eigenvalue weighted by atomic mass is 35.5.